The van der Waals surface area contributed by atoms with Gasteiger partial charge in [-0.3, -0.25) is 47.9 Å². The van der Waals surface area contributed by atoms with E-state index in [1.807, 2.05) is 6.92 Å². The van der Waals surface area contributed by atoms with Gasteiger partial charge in [0.2, 0.25) is 23.6 Å². The first-order valence-corrected chi connectivity index (χ1v) is 28.2. The molecule has 0 aromatic rings. The molecular weight excluding hydrogens is 1040 g/mol. The molecule has 0 spiro atoms. The molecular formula is C55H100N4O20. The highest BCUT2D eigenvalue weighted by atomic mass is 16.5. The van der Waals surface area contributed by atoms with Crippen molar-refractivity contribution in [3.05, 3.63) is 0 Å². The molecule has 0 aliphatic rings. The zero-order valence-corrected chi connectivity index (χ0v) is 47.1. The summed E-state index contributed by atoms with van der Waals surface area (Å²) in [4.78, 5) is 131. The van der Waals surface area contributed by atoms with Crippen LogP contribution in [-0.2, 0) is 71.7 Å². The van der Waals surface area contributed by atoms with Crippen molar-refractivity contribution in [3.63, 3.8) is 0 Å². The van der Waals surface area contributed by atoms with Crippen molar-refractivity contribution < 1.29 is 100 Å². The summed E-state index contributed by atoms with van der Waals surface area (Å²) in [6.45, 7) is 3.90. The molecule has 0 bridgehead atoms. The van der Waals surface area contributed by atoms with Crippen LogP contribution in [0.4, 0.5) is 0 Å². The van der Waals surface area contributed by atoms with Gasteiger partial charge in [0.25, 0.3) is 0 Å². The number of carboxylic acids is 4. The predicted octanol–water partition coefficient (Wildman–Crippen LogP) is 5.02. The van der Waals surface area contributed by atoms with Gasteiger partial charge in [0, 0.05) is 73.4 Å². The maximum atomic E-state index is 12.6. The molecule has 24 nitrogen and oxygen atoms in total. The van der Waals surface area contributed by atoms with Crippen molar-refractivity contribution in [1.82, 2.24) is 21.3 Å². The number of carbonyl (C=O) groups excluding carboxylic acids is 7. The molecule has 10 N–H and O–H groups in total. The van der Waals surface area contributed by atoms with Crippen LogP contribution in [0.1, 0.15) is 190 Å². The summed E-state index contributed by atoms with van der Waals surface area (Å²) >= 11 is 0. The van der Waals surface area contributed by atoms with E-state index in [1.54, 1.807) is 0 Å². The van der Waals surface area contributed by atoms with Gasteiger partial charge in [-0.05, 0) is 51.9 Å². The van der Waals surface area contributed by atoms with E-state index in [9.17, 15) is 68.1 Å². The van der Waals surface area contributed by atoms with Crippen molar-refractivity contribution in [3.8, 4) is 0 Å². The first kappa shape index (κ1) is 75.6. The number of aliphatic carboxylic acids is 4. The van der Waals surface area contributed by atoms with Gasteiger partial charge in [-0.2, -0.15) is 0 Å². The Kier molecular flexibility index (Phi) is 48.6. The minimum absolute atomic E-state index is 0. The maximum Gasteiger partial charge on any atom is 0.326 e. The number of hydrogen-bond donors (Lipinski definition) is 8. The third-order valence-electron chi connectivity index (χ3n) is 13.0. The minimum atomic E-state index is -1.43. The second-order valence-electron chi connectivity index (χ2n) is 19.9. The average Bonchev–Trinajstić information content (AvgIpc) is 3.38. The third kappa shape index (κ3) is 48.2. The van der Waals surface area contributed by atoms with Crippen LogP contribution >= 0.6 is 0 Å². The topological polar surface area (TPSA) is 385 Å². The van der Waals surface area contributed by atoms with Crippen molar-refractivity contribution >= 4 is 64.9 Å². The van der Waals surface area contributed by atoms with Crippen LogP contribution in [0, 0.1) is 17.8 Å². The molecule has 0 radical (unpaired) electrons. The molecule has 4 amide bonds. The van der Waals surface area contributed by atoms with Gasteiger partial charge in [0.05, 0.1) is 51.5 Å². The Bertz CT molecular complexity index is 1780. The lowest BCUT2D eigenvalue weighted by molar-refractivity contribution is -0.145. The number of hydrogen-bond acceptors (Lipinski definition) is 15. The first-order chi connectivity index (χ1) is 37.3. The summed E-state index contributed by atoms with van der Waals surface area (Å²) in [5.74, 6) is -9.02. The second-order valence-corrected chi connectivity index (χ2v) is 19.9. The third-order valence-corrected chi connectivity index (χ3v) is 13.0. The van der Waals surface area contributed by atoms with Crippen molar-refractivity contribution in [2.24, 2.45) is 17.8 Å². The van der Waals surface area contributed by atoms with E-state index < -0.39 is 72.4 Å². The lowest BCUT2D eigenvalue weighted by atomic mass is 9.94. The Labute approximate surface area is 469 Å². The maximum absolute atomic E-state index is 12.6. The molecule has 0 aliphatic carbocycles. The predicted molar refractivity (Wildman–Crippen MR) is 294 cm³/mol. The molecule has 0 rings (SSSR count). The monoisotopic (exact) mass is 1140 g/mol. The Hall–Kier alpha value is -5.43. The molecule has 0 heterocycles. The largest absolute Gasteiger partial charge is 0.481 e. The second kappa shape index (κ2) is 50.8. The zero-order valence-electron chi connectivity index (χ0n) is 47.1. The summed E-state index contributed by atoms with van der Waals surface area (Å²) in [5.41, 5.74) is 0. The molecule has 0 aliphatic heterocycles. The number of carboxylic acid groups (broad SMARTS) is 4. The Balaban J connectivity index is -0.00000988. The number of Topliss-reactive ketones (excluding diaryl/α,β-unsaturated/α-hetero) is 3. The van der Waals surface area contributed by atoms with E-state index in [4.69, 9.17) is 24.1 Å². The quantitative estimate of drug-likeness (QED) is 0.0371. The fraction of sp³-hybridized carbons (Fsp3) is 0.800. The zero-order chi connectivity index (χ0) is 58.2. The molecule has 0 fully saturated rings. The van der Waals surface area contributed by atoms with Crippen LogP contribution in [0.5, 0.6) is 0 Å². The van der Waals surface area contributed by atoms with E-state index in [2.05, 4.69) is 21.3 Å². The van der Waals surface area contributed by atoms with Crippen LogP contribution in [-0.4, -0.2) is 169 Å². The molecule has 0 saturated heterocycles. The number of rotatable bonds is 56. The fourth-order valence-corrected chi connectivity index (χ4v) is 8.04. The van der Waals surface area contributed by atoms with Crippen molar-refractivity contribution in [2.75, 3.05) is 72.5 Å². The number of nitrogens with one attached hydrogen (secondary N) is 4. The van der Waals surface area contributed by atoms with Gasteiger partial charge < -0.3 is 66.1 Å². The molecule has 79 heavy (non-hydrogen) atoms. The van der Waals surface area contributed by atoms with Gasteiger partial charge in [0.1, 0.15) is 36.6 Å². The van der Waals surface area contributed by atoms with E-state index in [1.165, 1.54) is 45.4 Å². The lowest BCUT2D eigenvalue weighted by Gasteiger charge is -2.15. The molecule has 0 saturated carbocycles. The van der Waals surface area contributed by atoms with Gasteiger partial charge in [-0.1, -0.05) is 90.4 Å². The summed E-state index contributed by atoms with van der Waals surface area (Å²) < 4.78 is 21.2. The van der Waals surface area contributed by atoms with Crippen LogP contribution < -0.4 is 21.3 Å². The number of amides is 4. The van der Waals surface area contributed by atoms with Crippen LogP contribution in [0.15, 0.2) is 0 Å². The molecule has 0 unspecified atom stereocenters. The molecule has 4 atom stereocenters. The van der Waals surface area contributed by atoms with E-state index in [-0.39, 0.29) is 148 Å². The van der Waals surface area contributed by atoms with Gasteiger partial charge in [0.15, 0.2) is 0 Å². The summed E-state index contributed by atoms with van der Waals surface area (Å²) in [5, 5.41) is 47.6. The SMILES string of the molecule is CC(=O)[C@@H](C)CCCCNC(=O)CC[C@H](CC(=O)CC[C@H](NC(=O)COCCOCCNC(=O)COCCOCCNC(=O)CC[C@H](CC(=O)CCCCCCCCCCCCCCCCC(=O)O)C(=O)O)C(=O)O)C(=O)O.O.[HH].[HH]. The molecule has 0 aromatic heterocycles. The summed E-state index contributed by atoms with van der Waals surface area (Å²) in [6, 6.07) is -1.43. The smallest absolute Gasteiger partial charge is 0.326 e. The van der Waals surface area contributed by atoms with Gasteiger partial charge in [-0.15, -0.1) is 0 Å². The summed E-state index contributed by atoms with van der Waals surface area (Å²) in [7, 11) is 0. The Morgan fingerprint density at radius 2 is 0.810 bits per heavy atom. The first-order valence-electron chi connectivity index (χ1n) is 28.2. The normalized spacial score (nSPS) is 12.5. The Morgan fingerprint density at radius 3 is 1.25 bits per heavy atom. The van der Waals surface area contributed by atoms with E-state index >= 15 is 0 Å². The van der Waals surface area contributed by atoms with Crippen LogP contribution in [0.2, 0.25) is 0 Å². The van der Waals surface area contributed by atoms with E-state index in [0.717, 1.165) is 57.8 Å². The average molecular weight is 1140 g/mol. The highest BCUT2D eigenvalue weighted by Gasteiger charge is 2.26. The van der Waals surface area contributed by atoms with Crippen molar-refractivity contribution in [1.29, 1.82) is 0 Å². The molecule has 460 valence electrons. The van der Waals surface area contributed by atoms with Crippen LogP contribution in [0.25, 0.3) is 0 Å². The fourth-order valence-electron chi connectivity index (χ4n) is 8.04. The highest BCUT2D eigenvalue weighted by Crippen LogP contribution is 2.18. The van der Waals surface area contributed by atoms with Crippen LogP contribution in [0.3, 0.4) is 0 Å². The molecule has 24 heteroatoms. The highest BCUT2D eigenvalue weighted by molar-refractivity contribution is 5.87. The standard InChI is InChI=1S/C55H94N4O19.H2O.2H2/c1-41(42(2)60)19-17-18-28-56-48(63)26-22-44(54(71)72)38-46(62)24-25-47(55(73)74)59-51(66)40-78-36-34-76-32-30-58-50(65)39-77-35-33-75-31-29-57-49(64)27-23-43(53(69)70)37-45(61)20-15-13-11-9-7-5-3-4-6-8-10-12-14-16-21-52(67)68;;;/h41,43-44,47H,3-40H2,1-2H3,(H,56,63)(H,57,64)(H,58,65)(H,59,66)(H,67,68)(H,69,70)(H,71,72)(H,73,74);1H2;2*1H/t41-,43+,44+,47-;;;/m0.../s1. The van der Waals surface area contributed by atoms with E-state index in [0.29, 0.717) is 25.8 Å². The van der Waals surface area contributed by atoms with Gasteiger partial charge in [-0.25, -0.2) is 4.79 Å². The summed E-state index contributed by atoms with van der Waals surface area (Å²) in [6.07, 6.45) is 16.4. The number of unbranched alkanes of at least 4 members (excludes halogenated alkanes) is 14. The molecule has 0 aromatic carbocycles. The lowest BCUT2D eigenvalue weighted by Crippen LogP contribution is -2.43. The Morgan fingerprint density at radius 1 is 0.405 bits per heavy atom. The minimum Gasteiger partial charge on any atom is -0.481 e. The number of ketones is 3. The number of carbonyl (C=O) groups is 11. The van der Waals surface area contributed by atoms with Gasteiger partial charge >= 0.3 is 23.9 Å². The number of ether oxygens (including phenoxy) is 4. The van der Waals surface area contributed by atoms with Crippen molar-refractivity contribution in [2.45, 2.75) is 193 Å².